The van der Waals surface area contributed by atoms with Crippen molar-refractivity contribution in [2.24, 2.45) is 0 Å². The van der Waals surface area contributed by atoms with Crippen molar-refractivity contribution in [1.82, 2.24) is 30.6 Å². The molecule has 0 fully saturated rings. The first-order valence-corrected chi connectivity index (χ1v) is 16.5. The number of benzene rings is 2. The second-order valence-electron chi connectivity index (χ2n) is 12.2. The third kappa shape index (κ3) is 11.1. The summed E-state index contributed by atoms with van der Waals surface area (Å²) in [5.41, 5.74) is 6.12. The van der Waals surface area contributed by atoms with Crippen LogP contribution in [0.25, 0.3) is 22.8 Å². The van der Waals surface area contributed by atoms with Crippen molar-refractivity contribution in [2.75, 3.05) is 13.2 Å². The second-order valence-corrected chi connectivity index (χ2v) is 12.2. The van der Waals surface area contributed by atoms with Crippen LogP contribution in [0.3, 0.4) is 0 Å². The molecule has 0 unspecified atom stereocenters. The van der Waals surface area contributed by atoms with Crippen LogP contribution in [0.1, 0.15) is 69.8 Å². The highest BCUT2D eigenvalue weighted by atomic mass is 127. The maximum Gasteiger partial charge on any atom is 0.471 e. The fraction of sp³-hybridized carbons (Fsp3) is 0.389. The molecule has 6 aromatic rings. The third-order valence-electron chi connectivity index (χ3n) is 7.68. The van der Waals surface area contributed by atoms with Crippen molar-refractivity contribution in [2.45, 2.75) is 80.0 Å². The molecule has 4 aromatic heterocycles. The zero-order valence-electron chi connectivity index (χ0n) is 30.0. The van der Waals surface area contributed by atoms with Gasteiger partial charge in [0.1, 0.15) is 23.0 Å². The third-order valence-corrected chi connectivity index (χ3v) is 7.68. The number of hydrogen-bond donors (Lipinski definition) is 1. The van der Waals surface area contributed by atoms with E-state index >= 15 is 0 Å². The summed E-state index contributed by atoms with van der Waals surface area (Å²) in [5, 5.41) is 24.7. The molecule has 0 saturated heterocycles. The quantitative estimate of drug-likeness (QED) is 0.0869. The summed E-state index contributed by atoms with van der Waals surface area (Å²) in [4.78, 5) is 7.64. The molecule has 13 nitrogen and oxygen atoms in total. The number of halogens is 4. The van der Waals surface area contributed by atoms with Gasteiger partial charge in [0.25, 0.3) is 0 Å². The highest BCUT2D eigenvalue weighted by Gasteiger charge is 2.38. The van der Waals surface area contributed by atoms with Crippen molar-refractivity contribution in [1.29, 1.82) is 0 Å². The molecule has 0 bridgehead atoms. The summed E-state index contributed by atoms with van der Waals surface area (Å²) in [6.07, 6.45) is -1.66. The van der Waals surface area contributed by atoms with Crippen LogP contribution in [0.2, 0.25) is 0 Å². The minimum atomic E-state index is -4.67. The van der Waals surface area contributed by atoms with Crippen LogP contribution in [0.5, 0.6) is 11.5 Å². The van der Waals surface area contributed by atoms with E-state index in [2.05, 4.69) is 35.1 Å². The minimum Gasteiger partial charge on any atom is -0.493 e. The van der Waals surface area contributed by atoms with E-state index < -0.39 is 12.1 Å². The first-order chi connectivity index (χ1) is 24.8. The van der Waals surface area contributed by atoms with Crippen LogP contribution < -0.4 is 9.47 Å². The molecule has 2 aromatic carbocycles. The number of nitrogens with zero attached hydrogens (tertiary/aromatic N) is 6. The van der Waals surface area contributed by atoms with E-state index in [0.29, 0.717) is 54.0 Å². The lowest BCUT2D eigenvalue weighted by molar-refractivity contribution is -0.159. The van der Waals surface area contributed by atoms with E-state index in [1.165, 1.54) is 0 Å². The zero-order chi connectivity index (χ0) is 37.4. The van der Waals surface area contributed by atoms with Crippen LogP contribution in [0.4, 0.5) is 13.2 Å². The number of rotatable bonds is 13. The molecule has 0 aliphatic rings. The van der Waals surface area contributed by atoms with Gasteiger partial charge in [0.2, 0.25) is 17.5 Å². The van der Waals surface area contributed by atoms with E-state index in [4.69, 9.17) is 23.0 Å². The van der Waals surface area contributed by atoms with Gasteiger partial charge in [-0.1, -0.05) is 20.6 Å². The van der Waals surface area contributed by atoms with Gasteiger partial charge in [-0.25, -0.2) is 0 Å². The molecule has 53 heavy (non-hydrogen) atoms. The molecule has 0 atom stereocenters. The molecule has 0 aliphatic heterocycles. The van der Waals surface area contributed by atoms with Crippen LogP contribution in [-0.2, 0) is 25.6 Å². The van der Waals surface area contributed by atoms with Crippen molar-refractivity contribution >= 4 is 24.0 Å². The Morgan fingerprint density at radius 3 is 1.57 bits per heavy atom. The van der Waals surface area contributed by atoms with Gasteiger partial charge >= 0.3 is 12.1 Å². The molecule has 0 radical (unpaired) electrons. The summed E-state index contributed by atoms with van der Waals surface area (Å²) in [6.45, 7) is 11.9. The normalized spacial score (nSPS) is 11.2. The molecular weight excluding hydrogens is 812 g/mol. The van der Waals surface area contributed by atoms with Crippen LogP contribution in [0, 0.1) is 41.5 Å². The van der Waals surface area contributed by atoms with Gasteiger partial charge in [0.05, 0.1) is 31.2 Å². The van der Waals surface area contributed by atoms with Crippen molar-refractivity contribution in [3.63, 3.8) is 0 Å². The van der Waals surface area contributed by atoms with Crippen LogP contribution in [-0.4, -0.2) is 48.9 Å². The van der Waals surface area contributed by atoms with E-state index in [0.717, 1.165) is 64.4 Å². The number of ether oxygens (including phenoxy) is 2. The Balaban J connectivity index is 0.000000233. The lowest BCUT2D eigenvalue weighted by atomic mass is 10.0. The van der Waals surface area contributed by atoms with E-state index in [1.54, 1.807) is 19.1 Å². The Hall–Kier alpha value is -4.78. The van der Waals surface area contributed by atoms with Gasteiger partial charge in [-0.3, -0.25) is 0 Å². The van der Waals surface area contributed by atoms with E-state index in [9.17, 15) is 18.3 Å². The molecule has 0 aliphatic carbocycles. The predicted octanol–water partition coefficient (Wildman–Crippen LogP) is 8.45. The summed E-state index contributed by atoms with van der Waals surface area (Å²) < 4.78 is 69.2. The van der Waals surface area contributed by atoms with Gasteiger partial charge in [-0.05, 0) is 88.4 Å². The SMILES string of the molecule is Cc1cc(CCCOc2c(C)cc(-c3noc(C(F)(F)F)n3)cc2C)on1.Cc1cc(CCCOc2c(C)cc(-c3noc(C)n3)cc2CO)on1.I. The molecule has 1 N–H and O–H groups in total. The standard InChI is InChI=1S/C18H18F3N3O3.C18H21N3O4.HI/c1-10-7-13(16-22-17(27-24-16)18(19,20)21)8-11(2)15(10)25-6-4-5-14-9-12(3)23-26-14;1-11-7-14(18-19-13(3)24-21-18)9-15(10-22)17(11)23-6-4-5-16-8-12(2)20-25-16;/h7-9H,4-6H2,1-3H3;7-9,22H,4-6,10H2,1-3H3;1H. The van der Waals surface area contributed by atoms with E-state index in [-0.39, 0.29) is 36.4 Å². The number of aliphatic hydroxyl groups is 1. The summed E-state index contributed by atoms with van der Waals surface area (Å²) in [7, 11) is 0. The number of aromatic nitrogens is 6. The van der Waals surface area contributed by atoms with Gasteiger partial charge in [0.15, 0.2) is 0 Å². The van der Waals surface area contributed by atoms with Gasteiger partial charge in [-0.15, -0.1) is 24.0 Å². The monoisotopic (exact) mass is 852 g/mol. The molecule has 4 heterocycles. The average Bonchev–Trinajstić information content (AvgIpc) is 3.92. The fourth-order valence-electron chi connectivity index (χ4n) is 5.39. The fourth-order valence-corrected chi connectivity index (χ4v) is 5.39. The summed E-state index contributed by atoms with van der Waals surface area (Å²) in [6, 6.07) is 10.9. The Kier molecular flexibility index (Phi) is 14.2. The van der Waals surface area contributed by atoms with Crippen LogP contribution in [0.15, 0.2) is 54.5 Å². The maximum atomic E-state index is 12.6. The van der Waals surface area contributed by atoms with Gasteiger partial charge in [-0.2, -0.15) is 23.1 Å². The average molecular weight is 853 g/mol. The summed E-state index contributed by atoms with van der Waals surface area (Å²) >= 11 is 0. The number of aryl methyl sites for hydroxylation is 8. The zero-order valence-corrected chi connectivity index (χ0v) is 32.4. The molecule has 17 heteroatoms. The van der Waals surface area contributed by atoms with Crippen molar-refractivity contribution in [3.05, 3.63) is 93.3 Å². The first-order valence-electron chi connectivity index (χ1n) is 16.5. The Morgan fingerprint density at radius 1 is 0.623 bits per heavy atom. The van der Waals surface area contributed by atoms with Crippen molar-refractivity contribution in [3.8, 4) is 34.3 Å². The van der Waals surface area contributed by atoms with E-state index in [1.807, 2.05) is 58.9 Å². The maximum absolute atomic E-state index is 12.6. The Bertz CT molecular complexity index is 2070. The molecule has 0 amide bonds. The topological polar surface area (TPSA) is 169 Å². The summed E-state index contributed by atoms with van der Waals surface area (Å²) in [5.74, 6) is 2.56. The molecular formula is C36H40F3IN6O7. The van der Waals surface area contributed by atoms with Gasteiger partial charge in [0, 0.05) is 48.6 Å². The Morgan fingerprint density at radius 2 is 1.11 bits per heavy atom. The van der Waals surface area contributed by atoms with Crippen LogP contribution >= 0.6 is 24.0 Å². The number of hydrogen-bond acceptors (Lipinski definition) is 13. The molecule has 0 saturated carbocycles. The lowest BCUT2D eigenvalue weighted by Gasteiger charge is -2.14. The predicted molar refractivity (Wildman–Crippen MR) is 195 cm³/mol. The number of aliphatic hydroxyl groups excluding tert-OH is 1. The molecule has 284 valence electrons. The smallest absolute Gasteiger partial charge is 0.471 e. The van der Waals surface area contributed by atoms with Gasteiger partial charge < -0.3 is 32.7 Å². The molecule has 0 spiro atoms. The first kappa shape index (κ1) is 41.0. The lowest BCUT2D eigenvalue weighted by Crippen LogP contribution is -2.05. The second kappa shape index (κ2) is 18.3. The molecule has 6 rings (SSSR count). The Labute approximate surface area is 320 Å². The van der Waals surface area contributed by atoms with Crippen molar-refractivity contribution < 1.29 is 45.8 Å². The number of alkyl halides is 3. The minimum absolute atomic E-state index is 0. The highest BCUT2D eigenvalue weighted by molar-refractivity contribution is 14.0. The largest absolute Gasteiger partial charge is 0.493 e. The highest BCUT2D eigenvalue weighted by Crippen LogP contribution is 2.33.